The second-order valence-corrected chi connectivity index (χ2v) is 7.66. The Hall–Kier alpha value is -2.96. The zero-order chi connectivity index (χ0) is 20.0. The highest BCUT2D eigenvalue weighted by molar-refractivity contribution is 5.97. The van der Waals surface area contributed by atoms with Crippen LogP contribution >= 0.6 is 0 Å². The molecule has 1 aromatic heterocycles. The maximum Gasteiger partial charge on any atom is 0.307 e. The maximum atomic E-state index is 13.1. The number of halogens is 1. The number of rotatable bonds is 5. The lowest BCUT2D eigenvalue weighted by Gasteiger charge is -2.23. The van der Waals surface area contributed by atoms with E-state index in [4.69, 9.17) is 0 Å². The molecule has 0 unspecified atom stereocenters. The summed E-state index contributed by atoms with van der Waals surface area (Å²) in [6.07, 6.45) is 4.60. The van der Waals surface area contributed by atoms with Gasteiger partial charge >= 0.3 is 5.97 Å². The molecular weight excluding hydrogens is 361 g/mol. The van der Waals surface area contributed by atoms with Gasteiger partial charge in [0.2, 0.25) is 5.91 Å². The Kier molecular flexibility index (Phi) is 4.53. The van der Waals surface area contributed by atoms with E-state index in [1.807, 2.05) is 19.1 Å². The Balaban J connectivity index is 1.54. The van der Waals surface area contributed by atoms with E-state index in [0.717, 1.165) is 17.7 Å². The van der Waals surface area contributed by atoms with Crippen molar-refractivity contribution in [2.45, 2.75) is 26.8 Å². The van der Waals surface area contributed by atoms with Crippen LogP contribution in [0.1, 0.15) is 23.4 Å². The number of benzene rings is 1. The molecule has 4 atom stereocenters. The zero-order valence-electron chi connectivity index (χ0n) is 15.7. The largest absolute Gasteiger partial charge is 0.481 e. The molecule has 2 N–H and O–H groups in total. The minimum Gasteiger partial charge on any atom is -0.481 e. The van der Waals surface area contributed by atoms with Gasteiger partial charge in [-0.3, -0.25) is 14.3 Å². The molecule has 4 rings (SSSR count). The monoisotopic (exact) mass is 383 g/mol. The molecule has 0 aliphatic heterocycles. The van der Waals surface area contributed by atoms with Crippen LogP contribution in [0.3, 0.4) is 0 Å². The van der Waals surface area contributed by atoms with Gasteiger partial charge in [0.1, 0.15) is 5.82 Å². The Morgan fingerprint density at radius 1 is 1.18 bits per heavy atom. The molecule has 0 saturated heterocycles. The number of aryl methyl sites for hydroxylation is 1. The van der Waals surface area contributed by atoms with Crippen molar-refractivity contribution in [2.24, 2.45) is 23.7 Å². The van der Waals surface area contributed by atoms with Gasteiger partial charge in [0, 0.05) is 0 Å². The smallest absolute Gasteiger partial charge is 0.307 e. The fraction of sp³-hybridized carbons (Fsp3) is 0.381. The highest BCUT2D eigenvalue weighted by Gasteiger charge is 2.51. The highest BCUT2D eigenvalue weighted by Crippen LogP contribution is 2.48. The number of aliphatic carboxylic acids is 1. The number of amides is 1. The number of fused-ring (bicyclic) bond motifs is 2. The van der Waals surface area contributed by atoms with Crippen molar-refractivity contribution in [3.63, 3.8) is 0 Å². The molecule has 1 amide bonds. The lowest BCUT2D eigenvalue weighted by molar-refractivity contribution is -0.146. The zero-order valence-corrected chi connectivity index (χ0v) is 15.7. The van der Waals surface area contributed by atoms with E-state index in [9.17, 15) is 19.1 Å². The first-order chi connectivity index (χ1) is 13.3. The summed E-state index contributed by atoms with van der Waals surface area (Å²) in [6.45, 7) is 4.12. The lowest BCUT2D eigenvalue weighted by Crippen LogP contribution is -2.36. The molecule has 0 spiro atoms. The number of carboxylic acid groups (broad SMARTS) is 1. The summed E-state index contributed by atoms with van der Waals surface area (Å²) in [4.78, 5) is 24.6. The minimum atomic E-state index is -0.919. The Morgan fingerprint density at radius 3 is 2.46 bits per heavy atom. The molecular formula is C21H22FN3O3. The van der Waals surface area contributed by atoms with E-state index in [1.165, 1.54) is 12.1 Å². The Bertz CT molecular complexity index is 964. The molecule has 1 aromatic carbocycles. The summed E-state index contributed by atoms with van der Waals surface area (Å²) in [6, 6.07) is 6.20. The van der Waals surface area contributed by atoms with E-state index in [2.05, 4.69) is 10.4 Å². The standard InChI is InChI=1S/C21H22FN3O3/c1-11-19(12(2)25(24-11)10-13-3-7-16(22)8-4-13)23-20(26)17-14-5-6-15(9-14)18(17)21(27)28/h3-8,14-15,17-18H,9-10H2,1-2H3,(H,23,26)(H,27,28)/t14-,15-,17-,18-/m0/s1. The second-order valence-electron chi connectivity index (χ2n) is 7.66. The fourth-order valence-electron chi connectivity index (χ4n) is 4.52. The van der Waals surface area contributed by atoms with Gasteiger partial charge in [0.05, 0.1) is 35.5 Å². The third kappa shape index (κ3) is 3.10. The topological polar surface area (TPSA) is 84.2 Å². The summed E-state index contributed by atoms with van der Waals surface area (Å²) in [7, 11) is 0. The van der Waals surface area contributed by atoms with Crippen molar-refractivity contribution in [3.05, 3.63) is 59.2 Å². The van der Waals surface area contributed by atoms with E-state index >= 15 is 0 Å². The van der Waals surface area contributed by atoms with Gasteiger partial charge in [0.25, 0.3) is 0 Å². The molecule has 146 valence electrons. The number of hydrogen-bond donors (Lipinski definition) is 2. The molecule has 7 heteroatoms. The summed E-state index contributed by atoms with van der Waals surface area (Å²) in [5.74, 6) is -2.81. The number of carbonyl (C=O) groups is 2. The molecule has 2 aromatic rings. The van der Waals surface area contributed by atoms with Crippen LogP contribution in [0, 0.1) is 43.3 Å². The number of carbonyl (C=O) groups excluding carboxylic acids is 1. The number of carboxylic acids is 1. The summed E-state index contributed by atoms with van der Waals surface area (Å²) in [5, 5.41) is 17.0. The van der Waals surface area contributed by atoms with Gasteiger partial charge in [-0.05, 0) is 49.8 Å². The molecule has 1 fully saturated rings. The normalized spacial score (nSPS) is 25.2. The van der Waals surface area contributed by atoms with Gasteiger partial charge in [-0.1, -0.05) is 24.3 Å². The Morgan fingerprint density at radius 2 is 1.82 bits per heavy atom. The van der Waals surface area contributed by atoms with Crippen LogP contribution < -0.4 is 5.32 Å². The average Bonchev–Trinajstić information content (AvgIpc) is 3.33. The van der Waals surface area contributed by atoms with Crippen molar-refractivity contribution in [1.82, 2.24) is 9.78 Å². The lowest BCUT2D eigenvalue weighted by atomic mass is 9.82. The summed E-state index contributed by atoms with van der Waals surface area (Å²) in [5.41, 5.74) is 2.95. The summed E-state index contributed by atoms with van der Waals surface area (Å²) >= 11 is 0. The maximum absolute atomic E-state index is 13.1. The van der Waals surface area contributed by atoms with Crippen molar-refractivity contribution >= 4 is 17.6 Å². The first kappa shape index (κ1) is 18.4. The molecule has 0 radical (unpaired) electrons. The highest BCUT2D eigenvalue weighted by atomic mass is 19.1. The Labute approximate surface area is 162 Å². The van der Waals surface area contributed by atoms with E-state index in [0.29, 0.717) is 17.9 Å². The third-order valence-electron chi connectivity index (χ3n) is 5.92. The summed E-state index contributed by atoms with van der Waals surface area (Å²) < 4.78 is 14.9. The van der Waals surface area contributed by atoms with E-state index in [1.54, 1.807) is 23.7 Å². The predicted octanol–water partition coefficient (Wildman–Crippen LogP) is 3.15. The predicted molar refractivity (Wildman–Crippen MR) is 101 cm³/mol. The van der Waals surface area contributed by atoms with Crippen LogP contribution in [-0.4, -0.2) is 26.8 Å². The van der Waals surface area contributed by atoms with Crippen molar-refractivity contribution in [2.75, 3.05) is 5.32 Å². The van der Waals surface area contributed by atoms with Gasteiger partial charge < -0.3 is 10.4 Å². The van der Waals surface area contributed by atoms with Gasteiger partial charge in [0.15, 0.2) is 0 Å². The first-order valence-corrected chi connectivity index (χ1v) is 9.35. The van der Waals surface area contributed by atoms with Crippen LogP contribution in [0.2, 0.25) is 0 Å². The van der Waals surface area contributed by atoms with Gasteiger partial charge in [-0.15, -0.1) is 0 Å². The van der Waals surface area contributed by atoms with Crippen molar-refractivity contribution in [1.29, 1.82) is 0 Å². The quantitative estimate of drug-likeness (QED) is 0.777. The number of nitrogens with zero attached hydrogens (tertiary/aromatic N) is 2. The van der Waals surface area contributed by atoms with Crippen molar-refractivity contribution in [3.8, 4) is 0 Å². The minimum absolute atomic E-state index is 0.0269. The van der Waals surface area contributed by atoms with Crippen LogP contribution in [0.25, 0.3) is 0 Å². The van der Waals surface area contributed by atoms with Crippen LogP contribution in [0.5, 0.6) is 0 Å². The third-order valence-corrected chi connectivity index (χ3v) is 5.92. The molecule has 2 aliphatic carbocycles. The number of allylic oxidation sites excluding steroid dienone is 2. The second kappa shape index (κ2) is 6.89. The van der Waals surface area contributed by atoms with Gasteiger partial charge in [-0.2, -0.15) is 5.10 Å². The van der Waals surface area contributed by atoms with Crippen LogP contribution in [0.15, 0.2) is 36.4 Å². The molecule has 2 bridgehead atoms. The SMILES string of the molecule is Cc1nn(Cc2ccc(F)cc2)c(C)c1NC(=O)[C@@H]1[C@@H](C(=O)O)[C@H]2C=C[C@H]1C2. The number of aromatic nitrogens is 2. The molecule has 1 heterocycles. The molecule has 1 saturated carbocycles. The fourth-order valence-corrected chi connectivity index (χ4v) is 4.52. The average molecular weight is 383 g/mol. The first-order valence-electron chi connectivity index (χ1n) is 9.35. The van der Waals surface area contributed by atoms with E-state index in [-0.39, 0.29) is 23.6 Å². The molecule has 2 aliphatic rings. The van der Waals surface area contributed by atoms with Crippen LogP contribution in [-0.2, 0) is 16.1 Å². The number of hydrogen-bond acceptors (Lipinski definition) is 3. The van der Waals surface area contributed by atoms with Crippen LogP contribution in [0.4, 0.5) is 10.1 Å². The molecule has 28 heavy (non-hydrogen) atoms. The number of nitrogens with one attached hydrogen (secondary N) is 1. The van der Waals surface area contributed by atoms with Gasteiger partial charge in [-0.25, -0.2) is 4.39 Å². The van der Waals surface area contributed by atoms with Crippen molar-refractivity contribution < 1.29 is 19.1 Å². The molecule has 6 nitrogen and oxygen atoms in total. The van der Waals surface area contributed by atoms with E-state index < -0.39 is 17.8 Å². The number of anilines is 1.